The molecule has 3 aromatic carbocycles. The molecule has 4 aliphatic rings. The Kier molecular flexibility index (Phi) is 11.7. The predicted octanol–water partition coefficient (Wildman–Crippen LogP) is 8.71. The smallest absolute Gasteiger partial charge is 0.277 e. The van der Waals surface area contributed by atoms with Crippen LogP contribution in [0.2, 0.25) is 5.02 Å². The van der Waals surface area contributed by atoms with Gasteiger partial charge in [-0.1, -0.05) is 57.0 Å². The van der Waals surface area contributed by atoms with Gasteiger partial charge in [0.2, 0.25) is 0 Å². The molecule has 5 aromatic rings. The van der Waals surface area contributed by atoms with Crippen molar-refractivity contribution < 1.29 is 27.6 Å². The van der Waals surface area contributed by atoms with Crippen LogP contribution in [0.15, 0.2) is 89.6 Å². The van der Waals surface area contributed by atoms with Gasteiger partial charge in [0.15, 0.2) is 0 Å². The minimum absolute atomic E-state index is 0.0175. The average molecular weight is 909 g/mol. The number of amides is 1. The molecule has 14 nitrogen and oxygen atoms in total. The third-order valence-corrected chi connectivity index (χ3v) is 14.6. The van der Waals surface area contributed by atoms with Gasteiger partial charge in [0.1, 0.15) is 22.9 Å². The van der Waals surface area contributed by atoms with Gasteiger partial charge in [0, 0.05) is 98.8 Å². The van der Waals surface area contributed by atoms with Crippen LogP contribution in [0.3, 0.4) is 0 Å². The van der Waals surface area contributed by atoms with E-state index < -0.39 is 25.7 Å². The van der Waals surface area contributed by atoms with E-state index in [2.05, 4.69) is 69.2 Å². The van der Waals surface area contributed by atoms with Crippen LogP contribution in [0.5, 0.6) is 17.2 Å². The molecule has 2 N–H and O–H groups in total. The number of benzene rings is 3. The van der Waals surface area contributed by atoms with Crippen LogP contribution in [0.1, 0.15) is 68.4 Å². The summed E-state index contributed by atoms with van der Waals surface area (Å²) in [6, 6.07) is 19.2. The van der Waals surface area contributed by atoms with Gasteiger partial charge in [0.05, 0.1) is 33.7 Å². The largest absolute Gasteiger partial charge is 0.493 e. The first-order chi connectivity index (χ1) is 30.5. The third-order valence-electron chi connectivity index (χ3n) is 13.0. The fraction of sp³-hybridized carbons (Fsp3) is 0.417. The summed E-state index contributed by atoms with van der Waals surface area (Å²) in [4.78, 5) is 39.9. The number of aromatic nitrogens is 2. The number of aromatic amines is 1. The number of nitro benzene ring substituents is 1. The number of H-pyrrole nitrogens is 1. The normalized spacial score (nSPS) is 20.0. The number of halogens is 1. The zero-order valence-corrected chi connectivity index (χ0v) is 38.2. The van der Waals surface area contributed by atoms with Gasteiger partial charge < -0.3 is 24.3 Å². The zero-order chi connectivity index (χ0) is 45.0. The highest BCUT2D eigenvalue weighted by Gasteiger charge is 2.38. The van der Waals surface area contributed by atoms with Gasteiger partial charge >= 0.3 is 0 Å². The first-order valence-corrected chi connectivity index (χ1v) is 23.8. The van der Waals surface area contributed by atoms with Crippen molar-refractivity contribution in [2.45, 2.75) is 58.3 Å². The van der Waals surface area contributed by atoms with E-state index in [4.69, 9.17) is 21.1 Å². The number of fused-ring (bicyclic) bond motifs is 2. The number of hydrogen-bond donors (Lipinski definition) is 2. The first-order valence-electron chi connectivity index (χ1n) is 21.9. The van der Waals surface area contributed by atoms with E-state index in [0.29, 0.717) is 30.0 Å². The molecule has 3 aliphatic heterocycles. The number of nitrogens with zero attached hydrogens (tertiary/aromatic N) is 5. The summed E-state index contributed by atoms with van der Waals surface area (Å²) in [6.45, 7) is 15.9. The second-order valence-corrected chi connectivity index (χ2v) is 21.5. The molecule has 1 atom stereocenters. The molecular formula is C48H54ClN7O7S. The number of nitrogens with one attached hydrogen (secondary N) is 2. The van der Waals surface area contributed by atoms with Crippen molar-refractivity contribution in [3.63, 3.8) is 0 Å². The fourth-order valence-electron chi connectivity index (χ4n) is 9.81. The number of likely N-dealkylation sites (tertiary alicyclic amines) is 1. The van der Waals surface area contributed by atoms with E-state index in [1.54, 1.807) is 30.5 Å². The van der Waals surface area contributed by atoms with Crippen molar-refractivity contribution in [1.82, 2.24) is 24.5 Å². The molecule has 2 aromatic heterocycles. The van der Waals surface area contributed by atoms with Crippen LogP contribution >= 0.6 is 11.6 Å². The second-order valence-electron chi connectivity index (χ2n) is 19.4. The molecule has 1 amide bonds. The van der Waals surface area contributed by atoms with Crippen molar-refractivity contribution in [3.8, 4) is 17.2 Å². The number of piperazine rings is 1. The van der Waals surface area contributed by atoms with Gasteiger partial charge in [-0.15, -0.1) is 0 Å². The summed E-state index contributed by atoms with van der Waals surface area (Å²) in [5.74, 6) is -0.330. The number of carbonyl (C=O) groups excluding carboxylic acids is 1. The highest BCUT2D eigenvalue weighted by Crippen LogP contribution is 2.44. The lowest BCUT2D eigenvalue weighted by Gasteiger charge is -2.47. The molecule has 2 saturated heterocycles. The Morgan fingerprint density at radius 1 is 1.00 bits per heavy atom. The van der Waals surface area contributed by atoms with Crippen LogP contribution in [0.25, 0.3) is 16.6 Å². The SMILES string of the molecule is CC1(C)CCC(CN2CCN(c3ccc(C(=O)NS(=O)(=O)c4cc5c(c([N+](=O)[O-])c4)C[C@@H](CN4CC(C)(C)C4)CO5)c(Oc4cnc5[nH]ccc5c4)c3)CC2)=C(c2ccc(Cl)cc2)C1. The fourth-order valence-corrected chi connectivity index (χ4v) is 10.9. The van der Waals surface area contributed by atoms with Crippen molar-refractivity contribution in [1.29, 1.82) is 0 Å². The minimum Gasteiger partial charge on any atom is -0.493 e. The Bertz CT molecular complexity index is 2750. The van der Waals surface area contributed by atoms with E-state index in [0.717, 1.165) is 93.8 Å². The molecule has 0 spiro atoms. The molecule has 64 heavy (non-hydrogen) atoms. The summed E-state index contributed by atoms with van der Waals surface area (Å²) in [5.41, 5.74) is 6.00. The summed E-state index contributed by atoms with van der Waals surface area (Å²) in [5, 5.41) is 13.9. The van der Waals surface area contributed by atoms with Crippen LogP contribution in [0, 0.1) is 26.9 Å². The van der Waals surface area contributed by atoms with Gasteiger partial charge in [-0.25, -0.2) is 18.1 Å². The number of hydrogen-bond acceptors (Lipinski definition) is 11. The predicted molar refractivity (Wildman–Crippen MR) is 248 cm³/mol. The van der Waals surface area contributed by atoms with Crippen LogP contribution in [0.4, 0.5) is 11.4 Å². The van der Waals surface area contributed by atoms with Crippen molar-refractivity contribution in [2.75, 3.05) is 63.9 Å². The van der Waals surface area contributed by atoms with Gasteiger partial charge in [-0.2, -0.15) is 0 Å². The van der Waals surface area contributed by atoms with Crippen molar-refractivity contribution in [3.05, 3.63) is 117 Å². The maximum absolute atomic E-state index is 14.1. The Balaban J connectivity index is 0.936. The van der Waals surface area contributed by atoms with Crippen molar-refractivity contribution in [2.24, 2.45) is 16.7 Å². The van der Waals surface area contributed by atoms with E-state index >= 15 is 0 Å². The van der Waals surface area contributed by atoms with E-state index in [1.165, 1.54) is 29.0 Å². The Hall–Kier alpha value is -5.48. The molecule has 2 fully saturated rings. The monoisotopic (exact) mass is 907 g/mol. The maximum atomic E-state index is 14.1. The van der Waals surface area contributed by atoms with Crippen LogP contribution in [-0.4, -0.2) is 98.0 Å². The third kappa shape index (κ3) is 9.49. The Morgan fingerprint density at radius 3 is 2.50 bits per heavy atom. The standard InChI is InChI=1S/C48H54ClN7O7S/c1-47(2)13-11-34(41(24-47)32-5-7-35(49)8-6-32)27-53-15-17-55(18-16-53)36-9-10-39(44(21-36)63-37-20-33-12-14-50-45(33)51-25-37)46(57)52-64(60,61)38-22-42(56(58)59)40-19-31(28-62-43(40)23-38)26-54-29-48(3,4)30-54/h5-10,12,14,20-23,25,31H,11,13,15-19,24,26-30H2,1-4H3,(H,50,51)(H,52,57)/t31-/m0/s1. The molecule has 0 saturated carbocycles. The lowest BCUT2D eigenvalue weighted by molar-refractivity contribution is -0.386. The first kappa shape index (κ1) is 43.8. The number of sulfonamides is 1. The van der Waals surface area contributed by atoms with Crippen LogP contribution < -0.4 is 19.1 Å². The van der Waals surface area contributed by atoms with E-state index in [9.17, 15) is 23.3 Å². The van der Waals surface area contributed by atoms with E-state index in [1.807, 2.05) is 18.2 Å². The molecule has 16 heteroatoms. The zero-order valence-electron chi connectivity index (χ0n) is 36.7. The number of carbonyl (C=O) groups is 1. The lowest BCUT2D eigenvalue weighted by Crippen LogP contribution is -2.55. The summed E-state index contributed by atoms with van der Waals surface area (Å²) in [6.07, 6.45) is 6.87. The van der Waals surface area contributed by atoms with E-state index in [-0.39, 0.29) is 39.5 Å². The molecule has 9 rings (SSSR count). The molecule has 0 bridgehead atoms. The number of anilines is 1. The second kappa shape index (κ2) is 17.1. The van der Waals surface area contributed by atoms with Crippen molar-refractivity contribution >= 4 is 55.5 Å². The van der Waals surface area contributed by atoms with Gasteiger partial charge in [-0.05, 0) is 84.0 Å². The summed E-state index contributed by atoms with van der Waals surface area (Å²) < 4.78 is 42.3. The molecule has 336 valence electrons. The number of allylic oxidation sites excluding steroid dienone is 1. The summed E-state index contributed by atoms with van der Waals surface area (Å²) >= 11 is 6.25. The van der Waals surface area contributed by atoms with Crippen LogP contribution in [-0.2, 0) is 16.4 Å². The number of ether oxygens (including phenoxy) is 2. The molecular weight excluding hydrogens is 854 g/mol. The maximum Gasteiger partial charge on any atom is 0.277 e. The Morgan fingerprint density at radius 2 is 1.77 bits per heavy atom. The molecule has 5 heterocycles. The molecule has 0 radical (unpaired) electrons. The van der Waals surface area contributed by atoms with Gasteiger partial charge in [-0.3, -0.25) is 19.8 Å². The topological polar surface area (TPSA) is 163 Å². The highest BCUT2D eigenvalue weighted by atomic mass is 35.5. The quantitative estimate of drug-likeness (QED) is 0.0910. The lowest BCUT2D eigenvalue weighted by atomic mass is 9.72. The summed E-state index contributed by atoms with van der Waals surface area (Å²) in [7, 11) is -4.62. The minimum atomic E-state index is -4.62. The Labute approximate surface area is 378 Å². The number of nitro groups is 1. The highest BCUT2D eigenvalue weighted by molar-refractivity contribution is 7.90. The molecule has 0 unspecified atom stereocenters. The molecule has 1 aliphatic carbocycles. The average Bonchev–Trinajstić information content (AvgIpc) is 3.72. The number of rotatable bonds is 12. The van der Waals surface area contributed by atoms with Gasteiger partial charge in [0.25, 0.3) is 21.6 Å². The number of pyridine rings is 1.